The van der Waals surface area contributed by atoms with Crippen molar-refractivity contribution in [1.29, 1.82) is 0 Å². The van der Waals surface area contributed by atoms with Gasteiger partial charge in [0.1, 0.15) is 46.3 Å². The number of fused-ring (bicyclic) bond motifs is 2. The first-order valence-corrected chi connectivity index (χ1v) is 15.8. The maximum absolute atomic E-state index is 10.7. The number of hydrogen-bond donors (Lipinski definition) is 1. The Bertz CT molecular complexity index is 2100. The highest BCUT2D eigenvalue weighted by molar-refractivity contribution is 6.56. The standard InChI is InChI=1S/C35H32ClN9O2/c1-4-43(19-20-47-25-17-18-30(31(46)21-25)44-39-28-11-7-8-12-29(28)40-44)24-15-13-23(14-16-24)37-33-32(26-9-5-6-10-27(26)36)41-45-35(33)38-34(42-45)22(2)3/h5-18,21-22,46H,4,19-20H2,1-3H3. The van der Waals surface area contributed by atoms with E-state index < -0.39 is 0 Å². The molecule has 0 amide bonds. The van der Waals surface area contributed by atoms with Crippen molar-refractivity contribution in [3.63, 3.8) is 0 Å². The molecule has 236 valence electrons. The number of rotatable bonds is 10. The van der Waals surface area contributed by atoms with E-state index in [1.807, 2.05) is 92.7 Å². The van der Waals surface area contributed by atoms with Gasteiger partial charge in [0.15, 0.2) is 5.82 Å². The van der Waals surface area contributed by atoms with E-state index in [2.05, 4.69) is 27.1 Å². The number of phenols is 1. The van der Waals surface area contributed by atoms with Crippen LogP contribution in [0.4, 0.5) is 11.4 Å². The van der Waals surface area contributed by atoms with Crippen LogP contribution in [-0.2, 0) is 0 Å². The number of benzene rings is 4. The van der Waals surface area contributed by atoms with Crippen molar-refractivity contribution < 1.29 is 9.84 Å². The van der Waals surface area contributed by atoms with Crippen LogP contribution in [0.2, 0.25) is 5.02 Å². The lowest BCUT2D eigenvalue weighted by molar-refractivity contribution is 0.322. The van der Waals surface area contributed by atoms with Gasteiger partial charge in [0.05, 0.1) is 17.3 Å². The summed E-state index contributed by atoms with van der Waals surface area (Å²) in [4.78, 5) is 14.9. The van der Waals surface area contributed by atoms with E-state index in [4.69, 9.17) is 31.4 Å². The van der Waals surface area contributed by atoms with Crippen molar-refractivity contribution in [3.8, 4) is 17.2 Å². The zero-order chi connectivity index (χ0) is 32.5. The second kappa shape index (κ2) is 12.7. The van der Waals surface area contributed by atoms with Gasteiger partial charge in [0.2, 0.25) is 5.82 Å². The molecule has 4 aromatic carbocycles. The van der Waals surface area contributed by atoms with Gasteiger partial charge in [0, 0.05) is 29.8 Å². The molecule has 12 heteroatoms. The maximum atomic E-state index is 10.7. The molecule has 0 bridgehead atoms. The summed E-state index contributed by atoms with van der Waals surface area (Å²) in [5.41, 5.74) is 5.81. The zero-order valence-corrected chi connectivity index (χ0v) is 26.9. The number of likely N-dealkylation sites (N-methyl/N-ethyl adjacent to an activating group) is 1. The van der Waals surface area contributed by atoms with E-state index >= 15 is 0 Å². The molecule has 3 heterocycles. The van der Waals surface area contributed by atoms with Crippen LogP contribution in [0.1, 0.15) is 43.9 Å². The average Bonchev–Trinajstić information content (AvgIpc) is 3.78. The molecule has 0 fully saturated rings. The highest BCUT2D eigenvalue weighted by Gasteiger charge is 2.30. The number of aromatic nitrogens is 6. The summed E-state index contributed by atoms with van der Waals surface area (Å²) in [6, 6.07) is 28.3. The fourth-order valence-electron chi connectivity index (χ4n) is 5.31. The lowest BCUT2D eigenvalue weighted by atomic mass is 10.1. The smallest absolute Gasteiger partial charge is 0.204 e. The van der Waals surface area contributed by atoms with Gasteiger partial charge < -0.3 is 14.7 Å². The summed E-state index contributed by atoms with van der Waals surface area (Å²) < 4.78 is 6.01. The molecule has 1 aliphatic heterocycles. The normalized spacial score (nSPS) is 13.4. The molecule has 1 aliphatic rings. The minimum Gasteiger partial charge on any atom is -0.505 e. The molecule has 7 rings (SSSR count). The number of phenolic OH excluding ortho intramolecular Hbond substituents is 1. The first kappa shape index (κ1) is 30.1. The first-order valence-electron chi connectivity index (χ1n) is 15.4. The van der Waals surface area contributed by atoms with Crippen LogP contribution < -0.4 is 9.64 Å². The molecule has 0 spiro atoms. The molecule has 2 aromatic heterocycles. The zero-order valence-electron chi connectivity index (χ0n) is 26.1. The highest BCUT2D eigenvalue weighted by atomic mass is 35.5. The van der Waals surface area contributed by atoms with Gasteiger partial charge in [-0.25, -0.2) is 9.98 Å². The van der Waals surface area contributed by atoms with E-state index in [0.29, 0.717) is 52.7 Å². The lowest BCUT2D eigenvalue weighted by Crippen LogP contribution is -2.27. The summed E-state index contributed by atoms with van der Waals surface area (Å²) >= 11 is 6.55. The third-order valence-corrected chi connectivity index (χ3v) is 8.13. The number of anilines is 1. The number of ether oxygens (including phenoxy) is 1. The van der Waals surface area contributed by atoms with Crippen molar-refractivity contribution >= 4 is 45.4 Å². The Morgan fingerprint density at radius 1 is 0.915 bits per heavy atom. The molecule has 47 heavy (non-hydrogen) atoms. The first-order chi connectivity index (χ1) is 22.9. The summed E-state index contributed by atoms with van der Waals surface area (Å²) in [5.74, 6) is 2.05. The number of hydrogen-bond acceptors (Lipinski definition) is 9. The number of halogens is 1. The molecule has 0 aliphatic carbocycles. The molecular formula is C35H32ClN9O2. The van der Waals surface area contributed by atoms with Crippen LogP contribution >= 0.6 is 11.6 Å². The van der Waals surface area contributed by atoms with E-state index in [0.717, 1.165) is 34.5 Å². The van der Waals surface area contributed by atoms with Crippen LogP contribution in [0.5, 0.6) is 11.5 Å². The molecule has 6 aromatic rings. The number of aliphatic imine (C=N–C) groups is 1. The fraction of sp³-hybridized carbons (Fsp3) is 0.200. The second-order valence-electron chi connectivity index (χ2n) is 11.3. The van der Waals surface area contributed by atoms with Crippen LogP contribution in [0.25, 0.3) is 16.7 Å². The van der Waals surface area contributed by atoms with E-state index in [1.165, 1.54) is 4.80 Å². The van der Waals surface area contributed by atoms with Crippen LogP contribution in [0, 0.1) is 0 Å². The molecule has 1 N–H and O–H groups in total. The minimum atomic E-state index is 0.0380. The van der Waals surface area contributed by atoms with Crippen LogP contribution in [-0.4, -0.2) is 66.1 Å². The molecule has 0 saturated heterocycles. The summed E-state index contributed by atoms with van der Waals surface area (Å²) in [6.07, 6.45) is 0. The maximum Gasteiger partial charge on any atom is 0.204 e. The van der Waals surface area contributed by atoms with Gasteiger partial charge in [-0.05, 0) is 61.5 Å². The van der Waals surface area contributed by atoms with E-state index in [9.17, 15) is 5.11 Å². The highest BCUT2D eigenvalue weighted by Crippen LogP contribution is 2.29. The van der Waals surface area contributed by atoms with E-state index in [1.54, 1.807) is 16.9 Å². The predicted octanol–water partition coefficient (Wildman–Crippen LogP) is 6.79. The Hall–Kier alpha value is -5.55. The Balaban J connectivity index is 1.05. The van der Waals surface area contributed by atoms with Gasteiger partial charge in [-0.3, -0.25) is 0 Å². The molecular weight excluding hydrogens is 614 g/mol. The largest absolute Gasteiger partial charge is 0.505 e. The Kier molecular flexibility index (Phi) is 8.13. The molecule has 0 unspecified atom stereocenters. The predicted molar refractivity (Wildman–Crippen MR) is 184 cm³/mol. The van der Waals surface area contributed by atoms with Gasteiger partial charge in [-0.2, -0.15) is 0 Å². The second-order valence-corrected chi connectivity index (χ2v) is 11.7. The van der Waals surface area contributed by atoms with Crippen molar-refractivity contribution in [2.45, 2.75) is 26.7 Å². The fourth-order valence-corrected chi connectivity index (χ4v) is 5.53. The molecule has 0 atom stereocenters. The van der Waals surface area contributed by atoms with Crippen molar-refractivity contribution in [2.24, 2.45) is 10.1 Å². The monoisotopic (exact) mass is 645 g/mol. The van der Waals surface area contributed by atoms with Crippen molar-refractivity contribution in [1.82, 2.24) is 29.9 Å². The SMILES string of the molecule is CCN(CCOc1ccc(-n2nc3ccccc3n2)c(O)c1)c1ccc(N=C2C(c3ccccc3Cl)=Nn3nc(C(C)C)nc32)cc1. The topological polar surface area (TPSA) is 119 Å². The summed E-state index contributed by atoms with van der Waals surface area (Å²) in [7, 11) is 0. The van der Waals surface area contributed by atoms with Crippen molar-refractivity contribution in [2.75, 3.05) is 24.6 Å². The quantitative estimate of drug-likeness (QED) is 0.174. The van der Waals surface area contributed by atoms with Gasteiger partial charge in [-0.15, -0.1) is 30.0 Å². The Morgan fingerprint density at radius 2 is 1.64 bits per heavy atom. The van der Waals surface area contributed by atoms with Crippen LogP contribution in [0.3, 0.4) is 0 Å². The minimum absolute atomic E-state index is 0.0380. The average molecular weight is 646 g/mol. The van der Waals surface area contributed by atoms with Gasteiger partial charge in [0.25, 0.3) is 0 Å². The third-order valence-electron chi connectivity index (χ3n) is 7.80. The number of nitrogens with zero attached hydrogens (tertiary/aromatic N) is 9. The van der Waals surface area contributed by atoms with Gasteiger partial charge >= 0.3 is 0 Å². The summed E-state index contributed by atoms with van der Waals surface area (Å²) in [6.45, 7) is 8.04. The third kappa shape index (κ3) is 6.05. The Morgan fingerprint density at radius 3 is 2.32 bits per heavy atom. The van der Waals surface area contributed by atoms with Crippen molar-refractivity contribution in [3.05, 3.63) is 113 Å². The number of aromatic hydroxyl groups is 1. The summed E-state index contributed by atoms with van der Waals surface area (Å²) in [5, 5.41) is 29.4. The van der Waals surface area contributed by atoms with Crippen LogP contribution in [0.15, 0.2) is 101 Å². The molecule has 0 radical (unpaired) electrons. The molecule has 11 nitrogen and oxygen atoms in total. The van der Waals surface area contributed by atoms with Gasteiger partial charge in [-0.1, -0.05) is 55.8 Å². The van der Waals surface area contributed by atoms with E-state index in [-0.39, 0.29) is 11.7 Å². The Labute approximate surface area is 276 Å². The molecule has 0 saturated carbocycles. The lowest BCUT2D eigenvalue weighted by Gasteiger charge is -2.23.